The third-order valence-corrected chi connectivity index (χ3v) is 5.59. The van der Waals surface area contributed by atoms with Crippen molar-refractivity contribution in [3.63, 3.8) is 0 Å². The molecule has 0 aliphatic carbocycles. The van der Waals surface area contributed by atoms with E-state index in [1.807, 2.05) is 12.1 Å². The Bertz CT molecular complexity index is 890. The molecule has 31 heavy (non-hydrogen) atoms. The highest BCUT2D eigenvalue weighted by molar-refractivity contribution is 7.99. The number of hydrogen-bond donors (Lipinski definition) is 1. The van der Waals surface area contributed by atoms with Crippen molar-refractivity contribution in [3.8, 4) is 0 Å². The lowest BCUT2D eigenvalue weighted by molar-refractivity contribution is -0.119. The minimum atomic E-state index is -2.72. The summed E-state index contributed by atoms with van der Waals surface area (Å²) in [5.74, 6) is -4.12. The Labute approximate surface area is 183 Å². The molecule has 1 fully saturated rings. The van der Waals surface area contributed by atoms with Crippen molar-refractivity contribution < 1.29 is 23.1 Å². The molecule has 0 unspecified atom stereocenters. The number of rotatable bonds is 8. The number of halogens is 2. The molecule has 0 spiro atoms. The van der Waals surface area contributed by atoms with Crippen molar-refractivity contribution in [2.45, 2.75) is 17.7 Å². The van der Waals surface area contributed by atoms with Crippen molar-refractivity contribution in [1.82, 2.24) is 9.88 Å². The smallest absolute Gasteiger partial charge is 0.341 e. The fraction of sp³-hybridized carbons (Fsp3) is 0.381. The summed E-state index contributed by atoms with van der Waals surface area (Å²) < 4.78 is 30.2. The molecule has 1 aromatic carbocycles. The summed E-state index contributed by atoms with van der Waals surface area (Å²) in [4.78, 5) is 32.7. The third kappa shape index (κ3) is 6.63. The van der Waals surface area contributed by atoms with Crippen LogP contribution in [0.2, 0.25) is 0 Å². The molecule has 1 saturated heterocycles. The molecule has 10 heteroatoms. The van der Waals surface area contributed by atoms with Gasteiger partial charge in [0.05, 0.1) is 5.56 Å². The summed E-state index contributed by atoms with van der Waals surface area (Å²) in [6, 6.07) is 10.2. The molecule has 166 valence electrons. The fourth-order valence-corrected chi connectivity index (χ4v) is 3.78. The van der Waals surface area contributed by atoms with Crippen molar-refractivity contribution in [2.24, 2.45) is 0 Å². The first-order valence-corrected chi connectivity index (χ1v) is 10.8. The van der Waals surface area contributed by atoms with Crippen molar-refractivity contribution >= 4 is 35.0 Å². The van der Waals surface area contributed by atoms with E-state index in [4.69, 9.17) is 4.74 Å². The minimum Gasteiger partial charge on any atom is -0.452 e. The number of benzene rings is 1. The van der Waals surface area contributed by atoms with Gasteiger partial charge in [-0.05, 0) is 54.7 Å². The van der Waals surface area contributed by atoms with Crippen molar-refractivity contribution in [1.29, 1.82) is 0 Å². The van der Waals surface area contributed by atoms with Gasteiger partial charge >= 0.3 is 5.97 Å². The quantitative estimate of drug-likeness (QED) is 0.488. The van der Waals surface area contributed by atoms with Gasteiger partial charge in [0.25, 0.3) is 11.7 Å². The molecular weight excluding hydrogens is 426 g/mol. The van der Waals surface area contributed by atoms with Crippen LogP contribution in [0.25, 0.3) is 0 Å². The Balaban J connectivity index is 1.49. The van der Waals surface area contributed by atoms with Crippen LogP contribution >= 0.6 is 11.8 Å². The number of amides is 1. The van der Waals surface area contributed by atoms with Gasteiger partial charge in [-0.2, -0.15) is 8.78 Å². The molecule has 2 heterocycles. The topological polar surface area (TPSA) is 74.8 Å². The van der Waals surface area contributed by atoms with Gasteiger partial charge in [0, 0.05) is 43.8 Å². The monoisotopic (exact) mass is 450 g/mol. The van der Waals surface area contributed by atoms with Gasteiger partial charge < -0.3 is 19.9 Å². The van der Waals surface area contributed by atoms with Crippen LogP contribution < -0.4 is 10.2 Å². The maximum Gasteiger partial charge on any atom is 0.341 e. The Morgan fingerprint density at radius 2 is 1.87 bits per heavy atom. The molecule has 7 nitrogen and oxygen atoms in total. The third-order valence-electron chi connectivity index (χ3n) is 4.86. The minimum absolute atomic E-state index is 0.104. The lowest BCUT2D eigenvalue weighted by atomic mass is 10.2. The van der Waals surface area contributed by atoms with Crippen molar-refractivity contribution in [2.75, 3.05) is 49.5 Å². The van der Waals surface area contributed by atoms with Gasteiger partial charge in [0.1, 0.15) is 5.03 Å². The number of likely N-dealkylation sites (N-methyl/N-ethyl adjacent to an activating group) is 1. The van der Waals surface area contributed by atoms with Crippen LogP contribution in [0.1, 0.15) is 17.3 Å². The number of aromatic nitrogens is 1. The van der Waals surface area contributed by atoms with Crippen LogP contribution in [0.15, 0.2) is 47.6 Å². The molecule has 1 N–H and O–H groups in total. The van der Waals surface area contributed by atoms with Crippen LogP contribution in [0.4, 0.5) is 20.2 Å². The SMILES string of the molecule is CCN1CCN(c2ccc(NC(=O)COC(=O)c3cccnc3SC(F)F)cc2)CC1. The zero-order valence-corrected chi connectivity index (χ0v) is 17.9. The lowest BCUT2D eigenvalue weighted by Crippen LogP contribution is -2.46. The molecule has 0 atom stereocenters. The molecule has 1 amide bonds. The Hall–Kier alpha value is -2.72. The molecular formula is C21H24F2N4O3S. The zero-order chi connectivity index (χ0) is 22.2. The molecule has 3 rings (SSSR count). The lowest BCUT2D eigenvalue weighted by Gasteiger charge is -2.35. The van der Waals surface area contributed by atoms with Crippen LogP contribution in [-0.2, 0) is 9.53 Å². The number of piperazine rings is 1. The normalized spacial score (nSPS) is 14.5. The molecule has 0 radical (unpaired) electrons. The number of esters is 1. The van der Waals surface area contributed by atoms with Gasteiger partial charge in [-0.15, -0.1) is 0 Å². The highest BCUT2D eigenvalue weighted by Crippen LogP contribution is 2.26. The average Bonchev–Trinajstić information content (AvgIpc) is 2.78. The predicted molar refractivity (Wildman–Crippen MR) is 116 cm³/mol. The number of nitrogens with zero attached hydrogens (tertiary/aromatic N) is 3. The first kappa shape index (κ1) is 23.0. The van der Waals surface area contributed by atoms with Gasteiger partial charge in [-0.1, -0.05) is 6.92 Å². The highest BCUT2D eigenvalue weighted by Gasteiger charge is 2.19. The fourth-order valence-electron chi connectivity index (χ4n) is 3.21. The molecule has 0 saturated carbocycles. The second kappa shape index (κ2) is 11.1. The van der Waals surface area contributed by atoms with Gasteiger partial charge in [0.2, 0.25) is 0 Å². The number of carbonyl (C=O) groups excluding carboxylic acids is 2. The van der Waals surface area contributed by atoms with Crippen molar-refractivity contribution in [3.05, 3.63) is 48.2 Å². The maximum absolute atomic E-state index is 12.6. The molecule has 2 aromatic rings. The van der Waals surface area contributed by atoms with Gasteiger partial charge in [-0.25, -0.2) is 9.78 Å². The van der Waals surface area contributed by atoms with Crippen LogP contribution in [0, 0.1) is 0 Å². The van der Waals surface area contributed by atoms with Gasteiger partial charge in [0.15, 0.2) is 6.61 Å². The number of pyridine rings is 1. The maximum atomic E-state index is 12.6. The largest absolute Gasteiger partial charge is 0.452 e. The van der Waals surface area contributed by atoms with Gasteiger partial charge in [-0.3, -0.25) is 4.79 Å². The van der Waals surface area contributed by atoms with Crippen LogP contribution in [0.5, 0.6) is 0 Å². The van der Waals surface area contributed by atoms with E-state index < -0.39 is 24.2 Å². The Morgan fingerprint density at radius 3 is 2.52 bits per heavy atom. The number of alkyl halides is 2. The summed E-state index contributed by atoms with van der Waals surface area (Å²) in [5, 5.41) is 2.52. The summed E-state index contributed by atoms with van der Waals surface area (Å²) in [6.07, 6.45) is 1.31. The average molecular weight is 451 g/mol. The number of anilines is 2. The van der Waals surface area contributed by atoms with E-state index in [1.54, 1.807) is 12.1 Å². The number of carbonyl (C=O) groups is 2. The summed E-state index contributed by atoms with van der Waals surface area (Å²) in [5.41, 5.74) is 1.56. The second-order valence-corrected chi connectivity index (χ2v) is 7.81. The van der Waals surface area contributed by atoms with E-state index in [2.05, 4.69) is 27.0 Å². The summed E-state index contributed by atoms with van der Waals surface area (Å²) in [7, 11) is 0. The van der Waals surface area contributed by atoms with Crippen LogP contribution in [-0.4, -0.2) is 66.8 Å². The zero-order valence-electron chi connectivity index (χ0n) is 17.1. The highest BCUT2D eigenvalue weighted by atomic mass is 32.2. The standard InChI is InChI=1S/C21H24F2N4O3S/c1-2-26-10-12-27(13-11-26)16-7-5-15(6-8-16)25-18(28)14-30-20(29)17-4-3-9-24-19(17)31-21(22)23/h3-9,21H,2,10-14H2,1H3,(H,25,28). The number of ether oxygens (including phenoxy) is 1. The van der Waals surface area contributed by atoms with E-state index in [0.717, 1.165) is 38.4 Å². The van der Waals surface area contributed by atoms with Crippen LogP contribution in [0.3, 0.4) is 0 Å². The molecule has 0 bridgehead atoms. The van der Waals surface area contributed by atoms with E-state index in [-0.39, 0.29) is 22.4 Å². The molecule has 1 aliphatic rings. The Kier molecular flexibility index (Phi) is 8.19. The number of thioether (sulfide) groups is 1. The number of nitrogens with one attached hydrogen (secondary N) is 1. The predicted octanol–water partition coefficient (Wildman–Crippen LogP) is 3.33. The van der Waals surface area contributed by atoms with E-state index in [9.17, 15) is 18.4 Å². The van der Waals surface area contributed by atoms with E-state index in [1.165, 1.54) is 18.3 Å². The first-order chi connectivity index (χ1) is 15.0. The second-order valence-electron chi connectivity index (χ2n) is 6.83. The van der Waals surface area contributed by atoms with E-state index in [0.29, 0.717) is 5.69 Å². The summed E-state index contributed by atoms with van der Waals surface area (Å²) in [6.45, 7) is 6.63. The number of hydrogen-bond acceptors (Lipinski definition) is 7. The first-order valence-electron chi connectivity index (χ1n) is 9.90. The van der Waals surface area contributed by atoms with E-state index >= 15 is 0 Å². The summed E-state index contributed by atoms with van der Waals surface area (Å²) >= 11 is 0.152. The molecule has 1 aromatic heterocycles. The molecule has 1 aliphatic heterocycles. The Morgan fingerprint density at radius 1 is 1.16 bits per heavy atom.